The van der Waals surface area contributed by atoms with Gasteiger partial charge >= 0.3 is 0 Å². The van der Waals surface area contributed by atoms with E-state index in [1.54, 1.807) is 10.8 Å². The summed E-state index contributed by atoms with van der Waals surface area (Å²) in [6.45, 7) is 7.91. The molecular weight excluding hydrogens is 371 g/mol. The van der Waals surface area contributed by atoms with Gasteiger partial charge in [-0.15, -0.1) is 0 Å². The van der Waals surface area contributed by atoms with Gasteiger partial charge in [0, 0.05) is 30.8 Å². The SMILES string of the molecule is CC(=O)Nc1cc(NC(=O)/C=C\c2c(C)nn(CC(C)C)c2Cl)ccc1F. The summed E-state index contributed by atoms with van der Waals surface area (Å²) >= 11 is 6.34. The van der Waals surface area contributed by atoms with E-state index in [-0.39, 0.29) is 5.69 Å². The minimum absolute atomic E-state index is 0.00173. The van der Waals surface area contributed by atoms with Crippen LogP contribution in [0.5, 0.6) is 0 Å². The maximum Gasteiger partial charge on any atom is 0.248 e. The Bertz CT molecular complexity index is 890. The van der Waals surface area contributed by atoms with Crippen LogP contribution < -0.4 is 10.6 Å². The largest absolute Gasteiger partial charge is 0.324 e. The third-order valence-corrected chi connectivity index (χ3v) is 3.99. The molecule has 0 unspecified atom stereocenters. The van der Waals surface area contributed by atoms with Gasteiger partial charge in [-0.1, -0.05) is 25.4 Å². The van der Waals surface area contributed by atoms with Crippen molar-refractivity contribution in [3.63, 3.8) is 0 Å². The number of carbonyl (C=O) groups is 2. The molecule has 8 heteroatoms. The van der Waals surface area contributed by atoms with Crippen LogP contribution in [-0.4, -0.2) is 21.6 Å². The minimum Gasteiger partial charge on any atom is -0.324 e. The molecule has 2 rings (SSSR count). The van der Waals surface area contributed by atoms with Crippen molar-refractivity contribution in [2.24, 2.45) is 5.92 Å². The van der Waals surface area contributed by atoms with Crippen LogP contribution in [0.25, 0.3) is 6.08 Å². The van der Waals surface area contributed by atoms with Gasteiger partial charge in [-0.3, -0.25) is 14.3 Å². The van der Waals surface area contributed by atoms with Crippen molar-refractivity contribution in [1.29, 1.82) is 0 Å². The second-order valence-corrected chi connectivity index (χ2v) is 6.92. The average molecular weight is 393 g/mol. The van der Waals surface area contributed by atoms with Crippen LogP contribution in [0.2, 0.25) is 5.15 Å². The number of hydrogen-bond acceptors (Lipinski definition) is 3. The standard InChI is InChI=1S/C19H22ClFN4O2/c1-11(2)10-25-19(20)15(12(3)24-25)6-8-18(27)23-14-5-7-16(21)17(9-14)22-13(4)26/h5-9,11H,10H2,1-4H3,(H,22,26)(H,23,27)/b8-6-. The number of nitrogens with zero attached hydrogens (tertiary/aromatic N) is 2. The van der Waals surface area contributed by atoms with E-state index in [1.807, 2.05) is 6.92 Å². The van der Waals surface area contributed by atoms with E-state index in [4.69, 9.17) is 11.6 Å². The molecular formula is C19H22ClFN4O2. The monoisotopic (exact) mass is 392 g/mol. The van der Waals surface area contributed by atoms with Crippen LogP contribution in [0.3, 0.4) is 0 Å². The number of rotatable bonds is 6. The van der Waals surface area contributed by atoms with Gasteiger partial charge in [-0.25, -0.2) is 4.39 Å². The lowest BCUT2D eigenvalue weighted by Crippen LogP contribution is -2.11. The normalized spacial score (nSPS) is 11.2. The molecule has 0 saturated heterocycles. The molecule has 27 heavy (non-hydrogen) atoms. The Balaban J connectivity index is 2.12. The Morgan fingerprint density at radius 3 is 2.67 bits per heavy atom. The molecule has 0 aliphatic heterocycles. The Morgan fingerprint density at radius 2 is 2.04 bits per heavy atom. The highest BCUT2D eigenvalue weighted by atomic mass is 35.5. The van der Waals surface area contributed by atoms with E-state index in [0.717, 1.165) is 5.69 Å². The van der Waals surface area contributed by atoms with Crippen LogP contribution >= 0.6 is 11.6 Å². The fourth-order valence-electron chi connectivity index (χ4n) is 2.45. The summed E-state index contributed by atoms with van der Waals surface area (Å²) in [5.74, 6) is -1.01. The summed E-state index contributed by atoms with van der Waals surface area (Å²) < 4.78 is 15.4. The smallest absolute Gasteiger partial charge is 0.248 e. The average Bonchev–Trinajstić information content (AvgIpc) is 2.81. The summed E-state index contributed by atoms with van der Waals surface area (Å²) in [5, 5.41) is 9.84. The number of benzene rings is 1. The van der Waals surface area contributed by atoms with E-state index in [9.17, 15) is 14.0 Å². The second-order valence-electron chi connectivity index (χ2n) is 6.56. The molecule has 0 atom stereocenters. The van der Waals surface area contributed by atoms with E-state index in [0.29, 0.717) is 28.9 Å². The third kappa shape index (κ3) is 5.65. The fourth-order valence-corrected chi connectivity index (χ4v) is 2.76. The summed E-state index contributed by atoms with van der Waals surface area (Å²) in [7, 11) is 0. The molecule has 0 saturated carbocycles. The third-order valence-electron chi connectivity index (χ3n) is 3.59. The highest BCUT2D eigenvalue weighted by Crippen LogP contribution is 2.23. The predicted molar refractivity (Wildman–Crippen MR) is 105 cm³/mol. The van der Waals surface area contributed by atoms with E-state index in [2.05, 4.69) is 29.6 Å². The van der Waals surface area contributed by atoms with E-state index < -0.39 is 17.6 Å². The first-order chi connectivity index (χ1) is 12.7. The molecule has 0 aliphatic rings. The molecule has 1 heterocycles. The number of hydrogen-bond donors (Lipinski definition) is 2. The van der Waals surface area contributed by atoms with Crippen molar-refractivity contribution in [2.75, 3.05) is 10.6 Å². The molecule has 0 aliphatic carbocycles. The van der Waals surface area contributed by atoms with Gasteiger partial charge in [-0.2, -0.15) is 5.10 Å². The maximum atomic E-state index is 13.7. The van der Waals surface area contributed by atoms with Gasteiger partial charge in [0.2, 0.25) is 11.8 Å². The van der Waals surface area contributed by atoms with Crippen molar-refractivity contribution >= 4 is 40.9 Å². The lowest BCUT2D eigenvalue weighted by molar-refractivity contribution is -0.114. The minimum atomic E-state index is -0.585. The molecule has 0 fully saturated rings. The number of carbonyl (C=O) groups excluding carboxylic acids is 2. The summed E-state index contributed by atoms with van der Waals surface area (Å²) in [5.41, 5.74) is 1.75. The van der Waals surface area contributed by atoms with Crippen molar-refractivity contribution < 1.29 is 14.0 Å². The first-order valence-electron chi connectivity index (χ1n) is 8.46. The molecule has 0 bridgehead atoms. The predicted octanol–water partition coefficient (Wildman–Crippen LogP) is 4.25. The number of halogens is 2. The molecule has 1 aromatic carbocycles. The maximum absolute atomic E-state index is 13.7. The molecule has 0 radical (unpaired) electrons. The van der Waals surface area contributed by atoms with Crippen LogP contribution in [0.1, 0.15) is 32.0 Å². The number of nitrogens with one attached hydrogen (secondary N) is 2. The van der Waals surface area contributed by atoms with Gasteiger partial charge < -0.3 is 10.6 Å². The lowest BCUT2D eigenvalue weighted by Gasteiger charge is -2.07. The van der Waals surface area contributed by atoms with Crippen molar-refractivity contribution in [2.45, 2.75) is 34.2 Å². The molecule has 6 nitrogen and oxygen atoms in total. The first kappa shape index (κ1) is 20.6. The van der Waals surface area contributed by atoms with Gasteiger partial charge in [0.15, 0.2) is 0 Å². The Labute approximate surface area is 162 Å². The Morgan fingerprint density at radius 1 is 1.33 bits per heavy atom. The highest BCUT2D eigenvalue weighted by molar-refractivity contribution is 6.31. The molecule has 1 aromatic heterocycles. The van der Waals surface area contributed by atoms with Crippen LogP contribution in [0.4, 0.5) is 15.8 Å². The second kappa shape index (κ2) is 8.81. The Hall–Kier alpha value is -2.67. The zero-order valence-electron chi connectivity index (χ0n) is 15.6. The number of amides is 2. The molecule has 0 spiro atoms. The zero-order valence-corrected chi connectivity index (χ0v) is 16.4. The number of anilines is 2. The van der Waals surface area contributed by atoms with Crippen molar-refractivity contribution in [3.05, 3.63) is 46.5 Å². The van der Waals surface area contributed by atoms with Gasteiger partial charge in [-0.05, 0) is 37.1 Å². The fraction of sp³-hybridized carbons (Fsp3) is 0.316. The summed E-state index contributed by atoms with van der Waals surface area (Å²) in [6.07, 6.45) is 2.92. The topological polar surface area (TPSA) is 76.0 Å². The molecule has 2 aromatic rings. The molecule has 144 valence electrons. The molecule has 2 amide bonds. The Kier molecular flexibility index (Phi) is 6.74. The van der Waals surface area contributed by atoms with Crippen LogP contribution in [0.15, 0.2) is 24.3 Å². The van der Waals surface area contributed by atoms with Crippen LogP contribution in [0, 0.1) is 18.7 Å². The van der Waals surface area contributed by atoms with Gasteiger partial charge in [0.05, 0.1) is 11.4 Å². The summed E-state index contributed by atoms with van der Waals surface area (Å²) in [4.78, 5) is 23.3. The highest BCUT2D eigenvalue weighted by Gasteiger charge is 2.12. The number of aromatic nitrogens is 2. The van der Waals surface area contributed by atoms with Crippen molar-refractivity contribution in [3.8, 4) is 0 Å². The molecule has 2 N–H and O–H groups in total. The zero-order chi connectivity index (χ0) is 20.1. The lowest BCUT2D eigenvalue weighted by atomic mass is 10.2. The van der Waals surface area contributed by atoms with E-state index in [1.165, 1.54) is 31.2 Å². The quantitative estimate of drug-likeness (QED) is 0.721. The van der Waals surface area contributed by atoms with Crippen molar-refractivity contribution in [1.82, 2.24) is 9.78 Å². The number of aryl methyl sites for hydroxylation is 1. The van der Waals surface area contributed by atoms with Gasteiger partial charge in [0.1, 0.15) is 11.0 Å². The van der Waals surface area contributed by atoms with Crippen LogP contribution in [-0.2, 0) is 16.1 Å². The first-order valence-corrected chi connectivity index (χ1v) is 8.84. The van der Waals surface area contributed by atoms with Gasteiger partial charge in [0.25, 0.3) is 0 Å². The summed E-state index contributed by atoms with van der Waals surface area (Å²) in [6, 6.07) is 3.92. The van der Waals surface area contributed by atoms with E-state index >= 15 is 0 Å².